The summed E-state index contributed by atoms with van der Waals surface area (Å²) in [6.07, 6.45) is 1.37. The highest BCUT2D eigenvalue weighted by Gasteiger charge is 2.28. The first kappa shape index (κ1) is 19.8. The number of benzene rings is 1. The second-order valence-electron chi connectivity index (χ2n) is 6.46. The molecule has 0 aliphatic rings. The largest absolute Gasteiger partial charge is 0.462 e. The van der Waals surface area contributed by atoms with E-state index in [4.69, 9.17) is 4.74 Å². The predicted octanol–water partition coefficient (Wildman–Crippen LogP) is 2.62. The molecule has 1 unspecified atom stereocenters. The summed E-state index contributed by atoms with van der Waals surface area (Å²) in [5, 5.41) is 0.336. The SMILES string of the molecule is CCOC(=O)c1sc2ncn(C(C(=O)N(C)C)c3ccccc3)c(=O)c2c1C. The van der Waals surface area contributed by atoms with Gasteiger partial charge in [0.2, 0.25) is 5.91 Å². The molecule has 0 aliphatic heterocycles. The van der Waals surface area contributed by atoms with Crippen molar-refractivity contribution in [3.05, 3.63) is 63.0 Å². The van der Waals surface area contributed by atoms with Gasteiger partial charge < -0.3 is 9.64 Å². The molecular formula is C20H21N3O4S. The van der Waals surface area contributed by atoms with E-state index in [0.717, 1.165) is 11.3 Å². The molecule has 28 heavy (non-hydrogen) atoms. The number of rotatable bonds is 5. The van der Waals surface area contributed by atoms with Crippen LogP contribution in [0, 0.1) is 6.92 Å². The van der Waals surface area contributed by atoms with Crippen molar-refractivity contribution < 1.29 is 14.3 Å². The van der Waals surface area contributed by atoms with Crippen LogP contribution in [0.15, 0.2) is 41.5 Å². The summed E-state index contributed by atoms with van der Waals surface area (Å²) in [5.74, 6) is -0.717. The van der Waals surface area contributed by atoms with E-state index in [2.05, 4.69) is 4.98 Å². The number of esters is 1. The molecule has 1 amide bonds. The molecule has 0 radical (unpaired) electrons. The van der Waals surface area contributed by atoms with Gasteiger partial charge in [0.15, 0.2) is 0 Å². The fourth-order valence-corrected chi connectivity index (χ4v) is 4.05. The van der Waals surface area contributed by atoms with Gasteiger partial charge in [0.05, 0.1) is 12.0 Å². The normalized spacial score (nSPS) is 12.0. The number of hydrogen-bond donors (Lipinski definition) is 0. The Labute approximate surface area is 166 Å². The summed E-state index contributed by atoms with van der Waals surface area (Å²) in [6.45, 7) is 3.67. The van der Waals surface area contributed by atoms with E-state index in [9.17, 15) is 14.4 Å². The highest BCUT2D eigenvalue weighted by molar-refractivity contribution is 7.20. The fourth-order valence-electron chi connectivity index (χ4n) is 3.01. The van der Waals surface area contributed by atoms with Crippen LogP contribution in [0.5, 0.6) is 0 Å². The number of thiophene rings is 1. The van der Waals surface area contributed by atoms with E-state index in [1.807, 2.05) is 18.2 Å². The number of aromatic nitrogens is 2. The highest BCUT2D eigenvalue weighted by Crippen LogP contribution is 2.28. The number of likely N-dealkylation sites (N-methyl/N-ethyl adjacent to an activating group) is 1. The number of nitrogens with zero attached hydrogens (tertiary/aromatic N) is 3. The fraction of sp³-hybridized carbons (Fsp3) is 0.300. The average Bonchev–Trinajstić information content (AvgIpc) is 3.02. The average molecular weight is 399 g/mol. The minimum Gasteiger partial charge on any atom is -0.462 e. The Morgan fingerprint density at radius 3 is 2.54 bits per heavy atom. The minimum atomic E-state index is -0.842. The monoisotopic (exact) mass is 399 g/mol. The standard InChI is InChI=1S/C20H21N3O4S/c1-5-27-20(26)16-12(2)14-17(28-16)21-11-23(18(14)24)15(19(25)22(3)4)13-9-7-6-8-10-13/h6-11,15H,5H2,1-4H3. The van der Waals surface area contributed by atoms with Gasteiger partial charge in [-0.05, 0) is 25.0 Å². The maximum atomic E-state index is 13.3. The van der Waals surface area contributed by atoms with Gasteiger partial charge in [-0.3, -0.25) is 14.2 Å². The molecule has 0 bridgehead atoms. The van der Waals surface area contributed by atoms with Crippen molar-refractivity contribution in [1.29, 1.82) is 0 Å². The van der Waals surface area contributed by atoms with E-state index in [-0.39, 0.29) is 18.1 Å². The molecule has 0 aliphatic carbocycles. The third kappa shape index (κ3) is 3.43. The summed E-state index contributed by atoms with van der Waals surface area (Å²) < 4.78 is 6.40. The first-order valence-corrected chi connectivity index (χ1v) is 9.61. The van der Waals surface area contributed by atoms with Crippen LogP contribution in [-0.4, -0.2) is 47.0 Å². The summed E-state index contributed by atoms with van der Waals surface area (Å²) in [5.41, 5.74) is 0.843. The van der Waals surface area contributed by atoms with Crippen molar-refractivity contribution in [1.82, 2.24) is 14.5 Å². The Bertz CT molecular complexity index is 1090. The first-order valence-electron chi connectivity index (χ1n) is 8.80. The van der Waals surface area contributed by atoms with Gasteiger partial charge in [-0.2, -0.15) is 0 Å². The molecule has 0 N–H and O–H groups in total. The zero-order valence-electron chi connectivity index (χ0n) is 16.1. The number of hydrogen-bond acceptors (Lipinski definition) is 6. The molecule has 2 aromatic heterocycles. The highest BCUT2D eigenvalue weighted by atomic mass is 32.1. The molecule has 3 aromatic rings. The molecule has 0 saturated heterocycles. The van der Waals surface area contributed by atoms with Crippen molar-refractivity contribution in [2.45, 2.75) is 19.9 Å². The zero-order valence-corrected chi connectivity index (χ0v) is 16.9. The molecule has 7 nitrogen and oxygen atoms in total. The number of amides is 1. The zero-order chi connectivity index (χ0) is 20.4. The molecule has 1 aromatic carbocycles. The van der Waals surface area contributed by atoms with Crippen molar-refractivity contribution in [3.63, 3.8) is 0 Å². The van der Waals surface area contributed by atoms with Gasteiger partial charge in [0, 0.05) is 14.1 Å². The van der Waals surface area contributed by atoms with Crippen molar-refractivity contribution in [2.24, 2.45) is 0 Å². The van der Waals surface area contributed by atoms with E-state index in [1.54, 1.807) is 40.1 Å². The van der Waals surface area contributed by atoms with Crippen LogP contribution in [-0.2, 0) is 9.53 Å². The molecule has 1 atom stereocenters. The Kier molecular flexibility index (Phi) is 5.60. The minimum absolute atomic E-state index is 0.243. The van der Waals surface area contributed by atoms with Crippen LogP contribution in [0.1, 0.15) is 33.8 Å². The van der Waals surface area contributed by atoms with Crippen molar-refractivity contribution >= 4 is 33.4 Å². The van der Waals surface area contributed by atoms with Crippen molar-refractivity contribution in [2.75, 3.05) is 20.7 Å². The predicted molar refractivity (Wildman–Crippen MR) is 108 cm³/mol. The number of carbonyl (C=O) groups is 2. The van der Waals surface area contributed by atoms with Crippen molar-refractivity contribution in [3.8, 4) is 0 Å². The number of fused-ring (bicyclic) bond motifs is 1. The lowest BCUT2D eigenvalue weighted by Crippen LogP contribution is -2.37. The molecule has 2 heterocycles. The maximum absolute atomic E-state index is 13.3. The van der Waals surface area contributed by atoms with E-state index >= 15 is 0 Å². The maximum Gasteiger partial charge on any atom is 0.348 e. The molecule has 0 spiro atoms. The van der Waals surface area contributed by atoms with E-state index < -0.39 is 12.0 Å². The second kappa shape index (κ2) is 7.93. The summed E-state index contributed by atoms with van der Waals surface area (Å²) in [7, 11) is 3.29. The van der Waals surface area contributed by atoms with E-state index in [0.29, 0.717) is 26.2 Å². The second-order valence-corrected chi connectivity index (χ2v) is 7.46. The number of aryl methyl sites for hydroxylation is 1. The van der Waals surface area contributed by atoms with Gasteiger partial charge >= 0.3 is 5.97 Å². The summed E-state index contributed by atoms with van der Waals surface area (Å²) >= 11 is 1.12. The van der Waals surface area contributed by atoms with Gasteiger partial charge in [-0.15, -0.1) is 11.3 Å². The lowest BCUT2D eigenvalue weighted by molar-refractivity contribution is -0.131. The van der Waals surface area contributed by atoms with Gasteiger partial charge in [0.1, 0.15) is 22.1 Å². The Hall–Kier alpha value is -3.00. The van der Waals surface area contributed by atoms with Crippen LogP contribution in [0.4, 0.5) is 0 Å². The third-order valence-electron chi connectivity index (χ3n) is 4.40. The van der Waals surface area contributed by atoms with Crippen LogP contribution in [0.25, 0.3) is 10.2 Å². The van der Waals surface area contributed by atoms with Crippen LogP contribution >= 0.6 is 11.3 Å². The number of ether oxygens (including phenoxy) is 1. The lowest BCUT2D eigenvalue weighted by atomic mass is 10.1. The molecular weight excluding hydrogens is 378 g/mol. The third-order valence-corrected chi connectivity index (χ3v) is 5.58. The quantitative estimate of drug-likeness (QED) is 0.616. The van der Waals surface area contributed by atoms with Gasteiger partial charge in [-0.25, -0.2) is 9.78 Å². The Morgan fingerprint density at radius 1 is 1.25 bits per heavy atom. The molecule has 146 valence electrons. The van der Waals surface area contributed by atoms with Gasteiger partial charge in [-0.1, -0.05) is 30.3 Å². The van der Waals surface area contributed by atoms with Crippen LogP contribution in [0.2, 0.25) is 0 Å². The summed E-state index contributed by atoms with van der Waals surface area (Å²) in [4.78, 5) is 45.0. The molecule has 0 fully saturated rings. The summed E-state index contributed by atoms with van der Waals surface area (Å²) in [6, 6.07) is 8.24. The van der Waals surface area contributed by atoms with Crippen LogP contribution < -0.4 is 5.56 Å². The molecule has 3 rings (SSSR count). The molecule has 0 saturated carbocycles. The topological polar surface area (TPSA) is 81.5 Å². The Morgan fingerprint density at radius 2 is 1.93 bits per heavy atom. The van der Waals surface area contributed by atoms with Gasteiger partial charge in [0.25, 0.3) is 5.56 Å². The molecule has 8 heteroatoms. The lowest BCUT2D eigenvalue weighted by Gasteiger charge is -2.22. The van der Waals surface area contributed by atoms with E-state index in [1.165, 1.54) is 15.8 Å². The Balaban J connectivity index is 2.22. The first-order chi connectivity index (χ1) is 13.4. The smallest absolute Gasteiger partial charge is 0.348 e. The van der Waals surface area contributed by atoms with Crippen LogP contribution in [0.3, 0.4) is 0 Å². The number of carbonyl (C=O) groups excluding carboxylic acids is 2.